The molecule has 2 saturated heterocycles. The average molecular weight is 449 g/mol. The first-order valence-electron chi connectivity index (χ1n) is 12.1. The highest BCUT2D eigenvalue weighted by molar-refractivity contribution is 6.05. The molecule has 3 N–H and O–H groups in total. The minimum absolute atomic E-state index is 0.245. The number of nitrogens with two attached hydrogens (primary N) is 1. The van der Waals surface area contributed by atoms with E-state index in [9.17, 15) is 9.59 Å². The molecular formula is C25H32N6O2. The van der Waals surface area contributed by atoms with Gasteiger partial charge < -0.3 is 10.6 Å². The molecule has 0 radical (unpaired) electrons. The number of imide groups is 1. The Balaban J connectivity index is 1.22. The molecule has 8 nitrogen and oxygen atoms in total. The highest BCUT2D eigenvalue weighted by Crippen LogP contribution is 2.26. The molecule has 0 bridgehead atoms. The number of rotatable bonds is 3. The lowest BCUT2D eigenvalue weighted by Gasteiger charge is -2.35. The molecule has 5 rings (SSSR count). The molecule has 0 aromatic carbocycles. The molecule has 4 heterocycles. The Labute approximate surface area is 194 Å². The molecule has 174 valence electrons. The molecule has 3 fully saturated rings. The number of aromatic nitrogens is 2. The van der Waals surface area contributed by atoms with E-state index in [0.29, 0.717) is 24.3 Å². The zero-order chi connectivity index (χ0) is 22.8. The van der Waals surface area contributed by atoms with Gasteiger partial charge in [0, 0.05) is 37.7 Å². The highest BCUT2D eigenvalue weighted by atomic mass is 16.2. The molecule has 1 saturated carbocycles. The predicted octanol–water partition coefficient (Wildman–Crippen LogP) is 2.36. The average Bonchev–Trinajstić information content (AvgIpc) is 3.25. The number of urea groups is 1. The van der Waals surface area contributed by atoms with Crippen molar-refractivity contribution in [1.82, 2.24) is 19.6 Å². The van der Waals surface area contributed by atoms with Gasteiger partial charge in [-0.05, 0) is 69.7 Å². The maximum atomic E-state index is 12.2. The van der Waals surface area contributed by atoms with Crippen LogP contribution in [0, 0.1) is 23.7 Å². The number of carbonyl (C=O) groups is 2. The number of imidazole rings is 1. The second-order valence-corrected chi connectivity index (χ2v) is 9.61. The van der Waals surface area contributed by atoms with Crippen LogP contribution in [0.4, 0.5) is 10.6 Å². The van der Waals surface area contributed by atoms with Gasteiger partial charge in [0.05, 0.1) is 11.8 Å². The molecule has 3 aliphatic rings. The fourth-order valence-electron chi connectivity index (χ4n) is 5.25. The van der Waals surface area contributed by atoms with Crippen LogP contribution in [-0.4, -0.2) is 58.4 Å². The van der Waals surface area contributed by atoms with E-state index in [1.807, 2.05) is 22.7 Å². The van der Waals surface area contributed by atoms with Crippen LogP contribution in [0.1, 0.15) is 50.5 Å². The monoisotopic (exact) mass is 448 g/mol. The summed E-state index contributed by atoms with van der Waals surface area (Å²) in [7, 11) is 0. The van der Waals surface area contributed by atoms with Gasteiger partial charge >= 0.3 is 6.03 Å². The highest BCUT2D eigenvalue weighted by Gasteiger charge is 2.27. The van der Waals surface area contributed by atoms with Crippen LogP contribution in [0.3, 0.4) is 0 Å². The Hall–Kier alpha value is -2.89. The minimum Gasteiger partial charge on any atom is -0.328 e. The molecule has 2 aromatic rings. The summed E-state index contributed by atoms with van der Waals surface area (Å²) in [6.07, 6.45) is 10.9. The summed E-state index contributed by atoms with van der Waals surface area (Å²) < 4.78 is 1.87. The summed E-state index contributed by atoms with van der Waals surface area (Å²) in [4.78, 5) is 32.4. The Morgan fingerprint density at radius 3 is 2.64 bits per heavy atom. The predicted molar refractivity (Wildman–Crippen MR) is 127 cm³/mol. The van der Waals surface area contributed by atoms with Crippen molar-refractivity contribution in [3.05, 3.63) is 30.1 Å². The number of pyridine rings is 1. The Bertz CT molecular complexity index is 1080. The summed E-state index contributed by atoms with van der Waals surface area (Å²) in [5, 5.41) is 2.37. The number of nitrogens with zero attached hydrogens (tertiary/aromatic N) is 4. The Morgan fingerprint density at radius 2 is 1.88 bits per heavy atom. The largest absolute Gasteiger partial charge is 0.329 e. The standard InChI is InChI=1S/C25H32N6O2/c26-21-7-4-19(5-8-21)17-29-13-9-18(10-14-29)3-6-20-2-1-12-30-23(16-27-24(20)30)31-15-11-22(32)28-25(31)33/h1-2,12,16,18-19,21H,4-5,7-11,13-15,17,26H2,(H,28,32,33). The van der Waals surface area contributed by atoms with Crippen molar-refractivity contribution in [1.29, 1.82) is 0 Å². The molecule has 8 heteroatoms. The van der Waals surface area contributed by atoms with E-state index in [2.05, 4.69) is 27.0 Å². The molecule has 2 aromatic heterocycles. The molecule has 0 atom stereocenters. The summed E-state index contributed by atoms with van der Waals surface area (Å²) in [5.41, 5.74) is 7.64. The van der Waals surface area contributed by atoms with Gasteiger partial charge in [-0.15, -0.1) is 0 Å². The van der Waals surface area contributed by atoms with Crippen molar-refractivity contribution in [2.24, 2.45) is 17.6 Å². The van der Waals surface area contributed by atoms with Crippen LogP contribution in [0.2, 0.25) is 0 Å². The maximum Gasteiger partial charge on any atom is 0.329 e. The van der Waals surface area contributed by atoms with E-state index in [1.165, 1.54) is 32.2 Å². The fourth-order valence-corrected chi connectivity index (χ4v) is 5.25. The number of amides is 3. The van der Waals surface area contributed by atoms with Gasteiger partial charge in [0.25, 0.3) is 0 Å². The number of piperidine rings is 1. The van der Waals surface area contributed by atoms with Crippen molar-refractivity contribution in [3.8, 4) is 11.8 Å². The van der Waals surface area contributed by atoms with Crippen molar-refractivity contribution in [2.45, 2.75) is 51.0 Å². The molecular weight excluding hydrogens is 416 g/mol. The van der Waals surface area contributed by atoms with Crippen molar-refractivity contribution < 1.29 is 9.59 Å². The van der Waals surface area contributed by atoms with Gasteiger partial charge in [0.1, 0.15) is 5.82 Å². The van der Waals surface area contributed by atoms with E-state index in [1.54, 1.807) is 11.1 Å². The maximum absolute atomic E-state index is 12.2. The quantitative estimate of drug-likeness (QED) is 0.703. The summed E-state index contributed by atoms with van der Waals surface area (Å²) in [5.74, 6) is 8.44. The number of likely N-dealkylation sites (tertiary alicyclic amines) is 1. The van der Waals surface area contributed by atoms with Crippen molar-refractivity contribution >= 4 is 23.4 Å². The van der Waals surface area contributed by atoms with E-state index in [0.717, 1.165) is 43.1 Å². The van der Waals surface area contributed by atoms with Crippen LogP contribution in [0.15, 0.2) is 24.5 Å². The first kappa shape index (κ1) is 21.9. The summed E-state index contributed by atoms with van der Waals surface area (Å²) in [6, 6.07) is 3.90. The lowest BCUT2D eigenvalue weighted by atomic mass is 9.85. The van der Waals surface area contributed by atoms with Crippen LogP contribution >= 0.6 is 0 Å². The van der Waals surface area contributed by atoms with Gasteiger partial charge in [-0.25, -0.2) is 9.78 Å². The first-order valence-corrected chi connectivity index (χ1v) is 12.1. The number of hydrogen-bond acceptors (Lipinski definition) is 5. The molecule has 2 aliphatic heterocycles. The minimum atomic E-state index is -0.410. The van der Waals surface area contributed by atoms with E-state index in [-0.39, 0.29) is 12.3 Å². The lowest BCUT2D eigenvalue weighted by molar-refractivity contribution is -0.120. The SMILES string of the molecule is NC1CCC(CN2CCC(C#Cc3cccn4c(N5CCC(=O)NC5=O)cnc34)CC2)CC1. The topological polar surface area (TPSA) is 96.0 Å². The van der Waals surface area contributed by atoms with Crippen molar-refractivity contribution in [3.63, 3.8) is 0 Å². The third-order valence-electron chi connectivity index (χ3n) is 7.25. The van der Waals surface area contributed by atoms with E-state index in [4.69, 9.17) is 5.73 Å². The van der Waals surface area contributed by atoms with Gasteiger partial charge in [-0.1, -0.05) is 11.8 Å². The lowest BCUT2D eigenvalue weighted by Crippen LogP contribution is -2.50. The zero-order valence-electron chi connectivity index (χ0n) is 19.0. The van der Waals surface area contributed by atoms with Crippen LogP contribution in [0.5, 0.6) is 0 Å². The normalized spacial score (nSPS) is 25.1. The molecule has 0 unspecified atom stereocenters. The van der Waals surface area contributed by atoms with Crippen LogP contribution in [0.25, 0.3) is 5.65 Å². The van der Waals surface area contributed by atoms with Crippen LogP contribution in [-0.2, 0) is 4.79 Å². The van der Waals surface area contributed by atoms with Gasteiger partial charge in [-0.2, -0.15) is 0 Å². The smallest absolute Gasteiger partial charge is 0.328 e. The molecule has 3 amide bonds. The summed E-state index contributed by atoms with van der Waals surface area (Å²) in [6.45, 7) is 3.78. The second kappa shape index (κ2) is 9.54. The van der Waals surface area contributed by atoms with Crippen LogP contribution < -0.4 is 16.0 Å². The third kappa shape index (κ3) is 4.90. The Kier molecular flexibility index (Phi) is 6.34. The molecule has 1 aliphatic carbocycles. The zero-order valence-corrected chi connectivity index (χ0v) is 19.0. The van der Waals surface area contributed by atoms with Gasteiger partial charge in [0.2, 0.25) is 5.91 Å². The number of anilines is 1. The van der Waals surface area contributed by atoms with Crippen molar-refractivity contribution in [2.75, 3.05) is 31.1 Å². The number of fused-ring (bicyclic) bond motifs is 1. The fraction of sp³-hybridized carbons (Fsp3) is 0.560. The van der Waals surface area contributed by atoms with Gasteiger partial charge in [0.15, 0.2) is 5.65 Å². The van der Waals surface area contributed by atoms with E-state index >= 15 is 0 Å². The number of carbonyl (C=O) groups excluding carboxylic acids is 2. The summed E-state index contributed by atoms with van der Waals surface area (Å²) >= 11 is 0. The number of hydrogen-bond donors (Lipinski definition) is 2. The molecule has 0 spiro atoms. The molecule has 33 heavy (non-hydrogen) atoms. The third-order valence-corrected chi connectivity index (χ3v) is 7.25. The second-order valence-electron chi connectivity index (χ2n) is 9.61. The Morgan fingerprint density at radius 1 is 1.09 bits per heavy atom. The number of nitrogens with one attached hydrogen (secondary N) is 1. The van der Waals surface area contributed by atoms with Gasteiger partial charge in [-0.3, -0.25) is 19.4 Å². The van der Waals surface area contributed by atoms with E-state index < -0.39 is 6.03 Å². The first-order chi connectivity index (χ1) is 16.1.